The van der Waals surface area contributed by atoms with Gasteiger partial charge in [0, 0.05) is 10.1 Å². The molecule has 0 amide bonds. The SMILES string of the molecule is Oc1c(Br)cc(CNc2ccc(I)cc2Cl)cc1Br. The lowest BCUT2D eigenvalue weighted by Crippen LogP contribution is -2.00. The van der Waals surface area contributed by atoms with Crippen LogP contribution in [0.4, 0.5) is 5.69 Å². The second kappa shape index (κ2) is 6.65. The van der Waals surface area contributed by atoms with Crippen LogP contribution in [-0.2, 0) is 6.54 Å². The van der Waals surface area contributed by atoms with E-state index in [2.05, 4.69) is 59.8 Å². The third-order valence-electron chi connectivity index (χ3n) is 2.49. The average Bonchev–Trinajstić information content (AvgIpc) is 2.34. The molecule has 0 unspecified atom stereocenters. The zero-order valence-electron chi connectivity index (χ0n) is 9.55. The molecule has 0 atom stereocenters. The molecule has 2 rings (SSSR count). The first-order chi connectivity index (χ1) is 8.97. The summed E-state index contributed by atoms with van der Waals surface area (Å²) in [5.74, 6) is 0.205. The summed E-state index contributed by atoms with van der Waals surface area (Å²) in [5, 5.41) is 13.6. The maximum absolute atomic E-state index is 9.65. The van der Waals surface area contributed by atoms with Crippen molar-refractivity contribution in [2.45, 2.75) is 6.54 Å². The molecular formula is C13H9Br2ClINO. The van der Waals surface area contributed by atoms with Crippen molar-refractivity contribution in [1.82, 2.24) is 0 Å². The van der Waals surface area contributed by atoms with Crippen molar-refractivity contribution in [2.75, 3.05) is 5.32 Å². The van der Waals surface area contributed by atoms with E-state index >= 15 is 0 Å². The number of phenols is 1. The van der Waals surface area contributed by atoms with Crippen LogP contribution in [0.1, 0.15) is 5.56 Å². The molecular weight excluding hydrogens is 508 g/mol. The van der Waals surface area contributed by atoms with Gasteiger partial charge in [0.15, 0.2) is 0 Å². The Labute approximate surface area is 146 Å². The molecule has 0 saturated heterocycles. The Hall–Kier alpha value is 0.0200. The normalized spacial score (nSPS) is 10.5. The molecule has 0 aliphatic carbocycles. The molecule has 0 spiro atoms. The second-order valence-electron chi connectivity index (χ2n) is 3.89. The van der Waals surface area contributed by atoms with Gasteiger partial charge in [-0.25, -0.2) is 0 Å². The number of benzene rings is 2. The summed E-state index contributed by atoms with van der Waals surface area (Å²) in [5.41, 5.74) is 1.92. The van der Waals surface area contributed by atoms with Crippen LogP contribution < -0.4 is 5.32 Å². The molecule has 0 bridgehead atoms. The molecule has 2 nitrogen and oxygen atoms in total. The van der Waals surface area contributed by atoms with Crippen molar-refractivity contribution >= 4 is 71.7 Å². The van der Waals surface area contributed by atoms with Crippen LogP contribution in [0, 0.1) is 3.57 Å². The maximum atomic E-state index is 9.65. The lowest BCUT2D eigenvalue weighted by Gasteiger charge is -2.10. The molecule has 0 radical (unpaired) electrons. The van der Waals surface area contributed by atoms with Crippen LogP contribution in [0.25, 0.3) is 0 Å². The van der Waals surface area contributed by atoms with Crippen LogP contribution in [0.5, 0.6) is 5.75 Å². The van der Waals surface area contributed by atoms with Crippen molar-refractivity contribution in [1.29, 1.82) is 0 Å². The molecule has 0 fully saturated rings. The van der Waals surface area contributed by atoms with Crippen molar-refractivity contribution in [3.63, 3.8) is 0 Å². The summed E-state index contributed by atoms with van der Waals surface area (Å²) < 4.78 is 2.42. The van der Waals surface area contributed by atoms with Gasteiger partial charge in [0.1, 0.15) is 5.75 Å². The second-order valence-corrected chi connectivity index (χ2v) is 7.25. The summed E-state index contributed by atoms with van der Waals surface area (Å²) in [6.07, 6.45) is 0. The molecule has 0 aromatic heterocycles. The van der Waals surface area contributed by atoms with E-state index < -0.39 is 0 Å². The third-order valence-corrected chi connectivity index (χ3v) is 4.68. The molecule has 2 aromatic rings. The number of anilines is 1. The minimum atomic E-state index is 0.205. The zero-order chi connectivity index (χ0) is 14.0. The van der Waals surface area contributed by atoms with Crippen molar-refractivity contribution in [3.8, 4) is 5.75 Å². The number of aromatic hydroxyl groups is 1. The van der Waals surface area contributed by atoms with Gasteiger partial charge in [0.2, 0.25) is 0 Å². The minimum absolute atomic E-state index is 0.205. The van der Waals surface area contributed by atoms with Gasteiger partial charge in [-0.1, -0.05) is 11.6 Å². The topological polar surface area (TPSA) is 32.3 Å². The van der Waals surface area contributed by atoms with Gasteiger partial charge in [0.05, 0.1) is 19.7 Å². The molecule has 100 valence electrons. The van der Waals surface area contributed by atoms with Gasteiger partial charge in [0.25, 0.3) is 0 Å². The quantitative estimate of drug-likeness (QED) is 0.506. The Bertz CT molecular complexity index is 599. The minimum Gasteiger partial charge on any atom is -0.506 e. The predicted molar refractivity (Wildman–Crippen MR) is 95.0 cm³/mol. The lowest BCUT2D eigenvalue weighted by molar-refractivity contribution is 0.468. The van der Waals surface area contributed by atoms with E-state index in [1.165, 1.54) is 0 Å². The number of halogens is 4. The van der Waals surface area contributed by atoms with E-state index in [4.69, 9.17) is 11.6 Å². The Morgan fingerprint density at radius 2 is 1.79 bits per heavy atom. The zero-order valence-corrected chi connectivity index (χ0v) is 15.6. The summed E-state index contributed by atoms with van der Waals surface area (Å²) in [6.45, 7) is 0.623. The van der Waals surface area contributed by atoms with Gasteiger partial charge in [-0.05, 0) is 90.3 Å². The molecule has 0 aliphatic heterocycles. The van der Waals surface area contributed by atoms with Crippen molar-refractivity contribution in [3.05, 3.63) is 53.4 Å². The number of nitrogens with one attached hydrogen (secondary N) is 1. The molecule has 2 aromatic carbocycles. The predicted octanol–water partition coefficient (Wildman–Crippen LogP) is 5.79. The molecule has 19 heavy (non-hydrogen) atoms. The van der Waals surface area contributed by atoms with E-state index in [9.17, 15) is 5.11 Å². The molecule has 0 heterocycles. The van der Waals surface area contributed by atoms with Crippen LogP contribution in [0.3, 0.4) is 0 Å². The van der Waals surface area contributed by atoms with Crippen molar-refractivity contribution < 1.29 is 5.11 Å². The summed E-state index contributed by atoms with van der Waals surface area (Å²) in [7, 11) is 0. The standard InChI is InChI=1S/C13H9Br2ClINO/c14-9-3-7(4-10(15)13(9)19)6-18-12-2-1-8(17)5-11(12)16/h1-5,18-19H,6H2. The molecule has 0 aliphatic rings. The van der Waals surface area contributed by atoms with Gasteiger partial charge in [-0.2, -0.15) is 0 Å². The molecule has 0 saturated carbocycles. The fraction of sp³-hybridized carbons (Fsp3) is 0.0769. The third kappa shape index (κ3) is 4.00. The van der Waals surface area contributed by atoms with E-state index in [0.29, 0.717) is 20.5 Å². The maximum Gasteiger partial charge on any atom is 0.143 e. The number of hydrogen-bond donors (Lipinski definition) is 2. The first-order valence-electron chi connectivity index (χ1n) is 5.33. The van der Waals surface area contributed by atoms with Gasteiger partial charge < -0.3 is 10.4 Å². The molecule has 6 heteroatoms. The van der Waals surface area contributed by atoms with E-state index in [0.717, 1.165) is 14.8 Å². The lowest BCUT2D eigenvalue weighted by atomic mass is 10.2. The van der Waals surface area contributed by atoms with E-state index in [1.807, 2.05) is 30.3 Å². The van der Waals surface area contributed by atoms with Gasteiger partial charge >= 0.3 is 0 Å². The Morgan fingerprint density at radius 1 is 1.16 bits per heavy atom. The highest BCUT2D eigenvalue weighted by Crippen LogP contribution is 2.33. The van der Waals surface area contributed by atoms with E-state index in [-0.39, 0.29) is 5.75 Å². The Kier molecular flexibility index (Phi) is 5.39. The number of rotatable bonds is 3. The summed E-state index contributed by atoms with van der Waals surface area (Å²) >= 11 is 15.0. The fourth-order valence-electron chi connectivity index (χ4n) is 1.55. The molecule has 2 N–H and O–H groups in total. The highest BCUT2D eigenvalue weighted by atomic mass is 127. The van der Waals surface area contributed by atoms with Gasteiger partial charge in [-0.3, -0.25) is 0 Å². The smallest absolute Gasteiger partial charge is 0.143 e. The number of phenolic OH excluding ortho intramolecular Hbond substituents is 1. The van der Waals surface area contributed by atoms with Crippen LogP contribution in [0.15, 0.2) is 39.3 Å². The van der Waals surface area contributed by atoms with Crippen LogP contribution in [-0.4, -0.2) is 5.11 Å². The summed E-state index contributed by atoms with van der Waals surface area (Å²) in [6, 6.07) is 9.60. The highest BCUT2D eigenvalue weighted by Gasteiger charge is 2.06. The monoisotopic (exact) mass is 515 g/mol. The Morgan fingerprint density at radius 3 is 2.37 bits per heavy atom. The van der Waals surface area contributed by atoms with Crippen molar-refractivity contribution in [2.24, 2.45) is 0 Å². The first-order valence-corrected chi connectivity index (χ1v) is 8.37. The Balaban J connectivity index is 2.14. The summed E-state index contributed by atoms with van der Waals surface area (Å²) in [4.78, 5) is 0. The number of hydrogen-bond acceptors (Lipinski definition) is 2. The van der Waals surface area contributed by atoms with Crippen LogP contribution in [0.2, 0.25) is 5.02 Å². The van der Waals surface area contributed by atoms with E-state index in [1.54, 1.807) is 0 Å². The fourth-order valence-corrected chi connectivity index (χ4v) is 3.75. The average molecular weight is 517 g/mol. The highest BCUT2D eigenvalue weighted by molar-refractivity contribution is 14.1. The largest absolute Gasteiger partial charge is 0.506 e. The first kappa shape index (κ1) is 15.4. The van der Waals surface area contributed by atoms with Gasteiger partial charge in [-0.15, -0.1) is 0 Å². The van der Waals surface area contributed by atoms with Crippen LogP contribution >= 0.6 is 66.1 Å².